The molecular weight excluding hydrogens is 151 g/mol. The van der Waals surface area contributed by atoms with Crippen LogP contribution in [-0.4, -0.2) is 17.2 Å². The third-order valence-corrected chi connectivity index (χ3v) is 0.866. The second kappa shape index (κ2) is 3.77. The fourth-order valence-corrected chi connectivity index (χ4v) is 0.466. The first-order valence-electron chi connectivity index (χ1n) is 1.90. The van der Waals surface area contributed by atoms with Crippen LogP contribution < -0.4 is 0 Å². The molecule has 8 heavy (non-hydrogen) atoms. The van der Waals surface area contributed by atoms with Crippen molar-refractivity contribution in [3.05, 3.63) is 0 Å². The number of rotatable bonds is 2. The first-order valence-corrected chi connectivity index (χ1v) is 3.04. The maximum absolute atomic E-state index is 10.1. The van der Waals surface area contributed by atoms with Gasteiger partial charge in [-0.15, -0.1) is 0 Å². The van der Waals surface area contributed by atoms with Crippen LogP contribution in [0.3, 0.4) is 0 Å². The third kappa shape index (κ3) is 2.90. The Morgan fingerprint density at radius 1 is 1.88 bits per heavy atom. The average molecular weight is 156 g/mol. The van der Waals surface area contributed by atoms with Crippen LogP contribution in [0.1, 0.15) is 6.92 Å². The fourth-order valence-electron chi connectivity index (χ4n) is 0.113. The van der Waals surface area contributed by atoms with Crippen molar-refractivity contribution in [1.82, 2.24) is 0 Å². The SMILES string of the molecule is CC(O)C(=O)[O][V]=[O]. The molecule has 1 unspecified atom stereocenters. The zero-order valence-corrected chi connectivity index (χ0v) is 5.59. The van der Waals surface area contributed by atoms with Crippen LogP contribution in [0.15, 0.2) is 0 Å². The van der Waals surface area contributed by atoms with E-state index in [9.17, 15) is 8.47 Å². The molecule has 0 aromatic carbocycles. The number of aliphatic hydroxyl groups is 1. The summed E-state index contributed by atoms with van der Waals surface area (Å²) < 4.78 is 13.5. The van der Waals surface area contributed by atoms with E-state index in [4.69, 9.17) is 5.11 Å². The first-order chi connectivity index (χ1) is 3.68. The molecule has 0 bridgehead atoms. The first kappa shape index (κ1) is 7.81. The molecule has 0 amide bonds. The van der Waals surface area contributed by atoms with Crippen molar-refractivity contribution in [3.63, 3.8) is 0 Å². The number of aliphatic hydroxyl groups excluding tert-OH is 1. The molecule has 0 heterocycles. The van der Waals surface area contributed by atoms with Crippen LogP contribution in [0.4, 0.5) is 0 Å². The Morgan fingerprint density at radius 3 is 2.50 bits per heavy atom. The summed E-state index contributed by atoms with van der Waals surface area (Å²) >= 11 is -1.61. The second-order valence-electron chi connectivity index (χ2n) is 1.16. The number of carbonyl (C=O) groups is 1. The summed E-state index contributed by atoms with van der Waals surface area (Å²) in [5.74, 6) is -0.833. The average Bonchev–Trinajstić information content (AvgIpc) is 1.67. The molecule has 0 aliphatic heterocycles. The van der Waals surface area contributed by atoms with E-state index in [2.05, 4.69) is 3.66 Å². The molecule has 0 aromatic heterocycles. The zero-order chi connectivity index (χ0) is 6.57. The van der Waals surface area contributed by atoms with E-state index >= 15 is 0 Å². The molecule has 0 saturated heterocycles. The Balaban J connectivity index is 3.48. The molecule has 1 atom stereocenters. The summed E-state index contributed by atoms with van der Waals surface area (Å²) in [6, 6.07) is 0. The van der Waals surface area contributed by atoms with E-state index in [1.807, 2.05) is 0 Å². The third-order valence-electron chi connectivity index (χ3n) is 0.468. The van der Waals surface area contributed by atoms with Gasteiger partial charge in [-0.2, -0.15) is 0 Å². The summed E-state index contributed by atoms with van der Waals surface area (Å²) in [7, 11) is 0. The molecule has 1 N–H and O–H groups in total. The molecule has 0 rings (SSSR count). The van der Waals surface area contributed by atoms with Crippen molar-refractivity contribution in [2.45, 2.75) is 13.0 Å². The number of hydrogen-bond acceptors (Lipinski definition) is 4. The molecule has 0 radical (unpaired) electrons. The maximum atomic E-state index is 10.1. The van der Waals surface area contributed by atoms with Gasteiger partial charge >= 0.3 is 52.8 Å². The van der Waals surface area contributed by atoms with Crippen molar-refractivity contribution in [2.75, 3.05) is 0 Å². The predicted molar refractivity (Wildman–Crippen MR) is 18.5 cm³/mol. The summed E-state index contributed by atoms with van der Waals surface area (Å²) in [6.07, 6.45) is -1.17. The number of hydrogen-bond donors (Lipinski definition) is 1. The number of carbonyl (C=O) groups excluding carboxylic acids is 1. The normalized spacial score (nSPS) is 12.2. The molecule has 0 spiro atoms. The second-order valence-corrected chi connectivity index (χ2v) is 1.68. The van der Waals surface area contributed by atoms with Gasteiger partial charge in [0, 0.05) is 0 Å². The topological polar surface area (TPSA) is 63.6 Å². The quantitative estimate of drug-likeness (QED) is 0.571. The van der Waals surface area contributed by atoms with Gasteiger partial charge in [0.25, 0.3) is 0 Å². The van der Waals surface area contributed by atoms with Crippen LogP contribution in [0.25, 0.3) is 0 Å². The van der Waals surface area contributed by atoms with Gasteiger partial charge < -0.3 is 0 Å². The van der Waals surface area contributed by atoms with Crippen molar-refractivity contribution in [3.8, 4) is 0 Å². The minimum absolute atomic E-state index is 0.833. The minimum atomic E-state index is -1.61. The molecule has 5 heteroatoms. The van der Waals surface area contributed by atoms with E-state index in [0.29, 0.717) is 0 Å². The Hall–Kier alpha value is -0.186. The van der Waals surface area contributed by atoms with Crippen molar-refractivity contribution in [1.29, 1.82) is 0 Å². The Morgan fingerprint density at radius 2 is 2.38 bits per heavy atom. The Bertz CT molecular complexity index is 99.5. The predicted octanol–water partition coefficient (Wildman–Crippen LogP) is -0.747. The van der Waals surface area contributed by atoms with Gasteiger partial charge in [0.1, 0.15) is 0 Å². The molecule has 0 aliphatic carbocycles. The van der Waals surface area contributed by atoms with Crippen LogP contribution >= 0.6 is 0 Å². The molecule has 0 saturated carbocycles. The molecule has 4 nitrogen and oxygen atoms in total. The van der Waals surface area contributed by atoms with Crippen LogP contribution in [0.2, 0.25) is 0 Å². The van der Waals surface area contributed by atoms with E-state index in [1.165, 1.54) is 6.92 Å². The molecule has 0 aliphatic rings. The van der Waals surface area contributed by atoms with Gasteiger partial charge in [-0.1, -0.05) is 0 Å². The van der Waals surface area contributed by atoms with E-state index in [0.717, 1.165) is 0 Å². The monoisotopic (exact) mass is 156 g/mol. The summed E-state index contributed by atoms with van der Waals surface area (Å²) in [6.45, 7) is 1.25. The van der Waals surface area contributed by atoms with Crippen LogP contribution in [0, 0.1) is 0 Å². The van der Waals surface area contributed by atoms with E-state index in [1.54, 1.807) is 0 Å². The molecule has 0 fully saturated rings. The van der Waals surface area contributed by atoms with Crippen LogP contribution in [-0.2, 0) is 28.7 Å². The van der Waals surface area contributed by atoms with Crippen LogP contribution in [0.5, 0.6) is 0 Å². The molecular formula is C3H5O4V. The Kier molecular flexibility index (Phi) is 3.69. The van der Waals surface area contributed by atoms with Gasteiger partial charge in [0.2, 0.25) is 0 Å². The van der Waals surface area contributed by atoms with E-state index in [-0.39, 0.29) is 0 Å². The standard InChI is InChI=1S/C3H6O3.O.V/c1-2(4)3(5)6;;/h2,4H,1H3,(H,5,6);;/q;;+1/p-1. The summed E-state index contributed by atoms with van der Waals surface area (Å²) in [4.78, 5) is 10.1. The summed E-state index contributed by atoms with van der Waals surface area (Å²) in [5.41, 5.74) is 0. The van der Waals surface area contributed by atoms with E-state index < -0.39 is 28.7 Å². The van der Waals surface area contributed by atoms with Crippen molar-refractivity contribution >= 4 is 5.97 Å². The molecule has 46 valence electrons. The van der Waals surface area contributed by atoms with Crippen molar-refractivity contribution in [2.24, 2.45) is 0 Å². The fraction of sp³-hybridized carbons (Fsp3) is 0.667. The van der Waals surface area contributed by atoms with Gasteiger partial charge in [-0.25, -0.2) is 0 Å². The van der Waals surface area contributed by atoms with Gasteiger partial charge in [-0.05, 0) is 0 Å². The van der Waals surface area contributed by atoms with Gasteiger partial charge in [-0.3, -0.25) is 0 Å². The summed E-state index contributed by atoms with van der Waals surface area (Å²) in [5, 5.41) is 8.35. The van der Waals surface area contributed by atoms with Crippen molar-refractivity contribution < 1.29 is 33.8 Å². The van der Waals surface area contributed by atoms with Gasteiger partial charge in [0.15, 0.2) is 0 Å². The zero-order valence-electron chi connectivity index (χ0n) is 4.20. The van der Waals surface area contributed by atoms with Gasteiger partial charge in [0.05, 0.1) is 0 Å². The Labute approximate surface area is 53.5 Å². The molecule has 0 aromatic rings.